The van der Waals surface area contributed by atoms with E-state index in [1.807, 2.05) is 0 Å². The Kier molecular flexibility index (Phi) is 5.69. The summed E-state index contributed by atoms with van der Waals surface area (Å²) in [5.41, 5.74) is 3.08. The van der Waals surface area contributed by atoms with Gasteiger partial charge in [0.25, 0.3) is 0 Å². The van der Waals surface area contributed by atoms with Gasteiger partial charge in [-0.25, -0.2) is 0 Å². The molecule has 1 aromatic rings. The maximum absolute atomic E-state index is 2.39. The van der Waals surface area contributed by atoms with Crippen LogP contribution in [-0.4, -0.2) is 0 Å². The zero-order valence-corrected chi connectivity index (χ0v) is 12.6. The van der Waals surface area contributed by atoms with Crippen LogP contribution in [0.25, 0.3) is 0 Å². The van der Waals surface area contributed by atoms with E-state index in [2.05, 4.69) is 50.3 Å². The van der Waals surface area contributed by atoms with Crippen molar-refractivity contribution in [2.24, 2.45) is 5.92 Å². The van der Waals surface area contributed by atoms with Crippen LogP contribution in [0.1, 0.15) is 69.4 Å². The Labute approximate surface area is 118 Å². The van der Waals surface area contributed by atoms with Crippen molar-refractivity contribution in [2.45, 2.75) is 64.7 Å². The lowest BCUT2D eigenvalue weighted by Crippen LogP contribution is -2.11. The molecule has 0 aliphatic heterocycles. The molecular formula is C19H28. The Morgan fingerprint density at radius 3 is 2.32 bits per heavy atom. The van der Waals surface area contributed by atoms with E-state index in [1.54, 1.807) is 5.56 Å². The smallest absolute Gasteiger partial charge is 0.0162 e. The largest absolute Gasteiger partial charge is 0.0914 e. The molecule has 104 valence electrons. The molecule has 1 aromatic carbocycles. The van der Waals surface area contributed by atoms with Crippen LogP contribution in [0.3, 0.4) is 0 Å². The van der Waals surface area contributed by atoms with Crippen LogP contribution in [0.4, 0.5) is 0 Å². The van der Waals surface area contributed by atoms with Crippen molar-refractivity contribution in [3.05, 3.63) is 47.5 Å². The average molecular weight is 256 g/mol. The summed E-state index contributed by atoms with van der Waals surface area (Å²) < 4.78 is 0. The van der Waals surface area contributed by atoms with Crippen molar-refractivity contribution in [1.29, 1.82) is 0 Å². The van der Waals surface area contributed by atoms with Crippen molar-refractivity contribution >= 4 is 0 Å². The third-order valence-electron chi connectivity index (χ3n) is 4.51. The van der Waals surface area contributed by atoms with Crippen LogP contribution in [0.2, 0.25) is 0 Å². The van der Waals surface area contributed by atoms with Crippen LogP contribution in [0, 0.1) is 5.92 Å². The van der Waals surface area contributed by atoms with E-state index in [-0.39, 0.29) is 0 Å². The number of aryl methyl sites for hydroxylation is 1. The maximum atomic E-state index is 2.39. The van der Waals surface area contributed by atoms with Crippen molar-refractivity contribution in [1.82, 2.24) is 0 Å². The fourth-order valence-electron chi connectivity index (χ4n) is 3.25. The third kappa shape index (κ3) is 4.23. The molecule has 1 saturated carbocycles. The number of unbranched alkanes of at least 4 members (excludes halogenated alkanes) is 1. The number of hydrogen-bond donors (Lipinski definition) is 0. The fraction of sp³-hybridized carbons (Fsp3) is 0.579. The zero-order valence-electron chi connectivity index (χ0n) is 12.6. The van der Waals surface area contributed by atoms with Crippen LogP contribution in [0.15, 0.2) is 36.4 Å². The topological polar surface area (TPSA) is 0 Å². The summed E-state index contributed by atoms with van der Waals surface area (Å²) in [5, 5.41) is 0. The van der Waals surface area contributed by atoms with E-state index in [1.165, 1.54) is 50.5 Å². The van der Waals surface area contributed by atoms with Crippen molar-refractivity contribution in [3.8, 4) is 0 Å². The van der Waals surface area contributed by atoms with Crippen LogP contribution >= 0.6 is 0 Å². The first-order valence-electron chi connectivity index (χ1n) is 8.05. The van der Waals surface area contributed by atoms with Crippen LogP contribution < -0.4 is 0 Å². The maximum Gasteiger partial charge on any atom is -0.0162 e. The highest BCUT2D eigenvalue weighted by Gasteiger charge is 2.20. The number of benzene rings is 1. The van der Waals surface area contributed by atoms with Crippen molar-refractivity contribution in [3.63, 3.8) is 0 Å². The minimum atomic E-state index is 0.807. The molecule has 0 N–H and O–H groups in total. The van der Waals surface area contributed by atoms with Gasteiger partial charge in [-0.05, 0) is 68.4 Å². The van der Waals surface area contributed by atoms with Gasteiger partial charge in [0.05, 0.1) is 0 Å². The van der Waals surface area contributed by atoms with E-state index in [9.17, 15) is 0 Å². The SMILES string of the molecule is C/C=C/C1CCC(c2ccc(CCCC)cc2)CC1. The van der Waals surface area contributed by atoms with Gasteiger partial charge in [-0.15, -0.1) is 0 Å². The second-order valence-corrected chi connectivity index (χ2v) is 5.98. The van der Waals surface area contributed by atoms with Crippen molar-refractivity contribution in [2.75, 3.05) is 0 Å². The summed E-state index contributed by atoms with van der Waals surface area (Å²) in [6.07, 6.45) is 13.9. The van der Waals surface area contributed by atoms with Gasteiger partial charge in [0.1, 0.15) is 0 Å². The van der Waals surface area contributed by atoms with E-state index in [0.29, 0.717) is 0 Å². The Balaban J connectivity index is 1.89. The summed E-state index contributed by atoms with van der Waals surface area (Å²) in [6, 6.07) is 9.46. The van der Waals surface area contributed by atoms with Crippen molar-refractivity contribution < 1.29 is 0 Å². The molecule has 1 fully saturated rings. The molecule has 0 saturated heterocycles. The molecule has 0 bridgehead atoms. The second kappa shape index (κ2) is 7.53. The predicted molar refractivity (Wildman–Crippen MR) is 84.6 cm³/mol. The van der Waals surface area contributed by atoms with Crippen LogP contribution in [0.5, 0.6) is 0 Å². The molecule has 19 heavy (non-hydrogen) atoms. The van der Waals surface area contributed by atoms with Crippen LogP contribution in [-0.2, 0) is 6.42 Å². The third-order valence-corrected chi connectivity index (χ3v) is 4.51. The van der Waals surface area contributed by atoms with E-state index in [0.717, 1.165) is 11.8 Å². The number of allylic oxidation sites excluding steroid dienone is 2. The summed E-state index contributed by atoms with van der Waals surface area (Å²) in [6.45, 7) is 4.40. The summed E-state index contributed by atoms with van der Waals surface area (Å²) >= 11 is 0. The molecule has 0 amide bonds. The highest BCUT2D eigenvalue weighted by Crippen LogP contribution is 2.36. The molecule has 0 aromatic heterocycles. The zero-order chi connectivity index (χ0) is 13.5. The molecule has 0 heteroatoms. The first-order valence-corrected chi connectivity index (χ1v) is 8.05. The molecule has 0 radical (unpaired) electrons. The van der Waals surface area contributed by atoms with E-state index in [4.69, 9.17) is 0 Å². The van der Waals surface area contributed by atoms with E-state index < -0.39 is 0 Å². The van der Waals surface area contributed by atoms with Gasteiger partial charge in [-0.3, -0.25) is 0 Å². The number of rotatable bonds is 5. The monoisotopic (exact) mass is 256 g/mol. The van der Waals surface area contributed by atoms with Gasteiger partial charge in [0, 0.05) is 0 Å². The quantitative estimate of drug-likeness (QED) is 0.577. The average Bonchev–Trinajstić information content (AvgIpc) is 2.47. The van der Waals surface area contributed by atoms with Gasteiger partial charge in [-0.1, -0.05) is 49.8 Å². The summed E-state index contributed by atoms with van der Waals surface area (Å²) in [4.78, 5) is 0. The molecule has 0 atom stereocenters. The first kappa shape index (κ1) is 14.4. The molecule has 0 heterocycles. The molecular weight excluding hydrogens is 228 g/mol. The van der Waals surface area contributed by atoms with Gasteiger partial charge < -0.3 is 0 Å². The molecule has 0 unspecified atom stereocenters. The fourth-order valence-corrected chi connectivity index (χ4v) is 3.25. The highest BCUT2D eigenvalue weighted by molar-refractivity contribution is 5.26. The molecule has 2 rings (SSSR count). The minimum Gasteiger partial charge on any atom is -0.0914 e. The Bertz CT molecular complexity index is 377. The lowest BCUT2D eigenvalue weighted by Gasteiger charge is -2.27. The molecule has 1 aliphatic carbocycles. The summed E-state index contributed by atoms with van der Waals surface area (Å²) in [7, 11) is 0. The predicted octanol–water partition coefficient (Wildman–Crippen LogP) is 5.88. The summed E-state index contributed by atoms with van der Waals surface area (Å²) in [5.74, 6) is 1.65. The second-order valence-electron chi connectivity index (χ2n) is 5.98. The molecule has 1 aliphatic rings. The van der Waals surface area contributed by atoms with Gasteiger partial charge in [0.15, 0.2) is 0 Å². The highest BCUT2D eigenvalue weighted by atomic mass is 14.2. The molecule has 0 spiro atoms. The molecule has 0 nitrogen and oxygen atoms in total. The number of hydrogen-bond acceptors (Lipinski definition) is 0. The standard InChI is InChI=1S/C19H28/c1-3-5-7-17-10-14-19(15-11-17)18-12-8-16(6-4-2)9-13-18/h4,6,10-11,14-16,18H,3,5,7-9,12-13H2,1-2H3/b6-4+. The normalized spacial score (nSPS) is 23.9. The Morgan fingerprint density at radius 2 is 1.74 bits per heavy atom. The lowest BCUT2D eigenvalue weighted by atomic mass is 9.78. The first-order chi connectivity index (χ1) is 9.33. The Morgan fingerprint density at radius 1 is 1.05 bits per heavy atom. The van der Waals surface area contributed by atoms with E-state index >= 15 is 0 Å². The van der Waals surface area contributed by atoms with Gasteiger partial charge >= 0.3 is 0 Å². The Hall–Kier alpha value is -1.04. The lowest BCUT2D eigenvalue weighted by molar-refractivity contribution is 0.375. The van der Waals surface area contributed by atoms with Gasteiger partial charge in [0.2, 0.25) is 0 Å². The minimum absolute atomic E-state index is 0.807. The van der Waals surface area contributed by atoms with Gasteiger partial charge in [-0.2, -0.15) is 0 Å².